The van der Waals surface area contributed by atoms with Gasteiger partial charge in [-0.3, -0.25) is 4.99 Å². The molecule has 0 N–H and O–H groups in total. The summed E-state index contributed by atoms with van der Waals surface area (Å²) in [5.41, 5.74) is 1.94. The van der Waals surface area contributed by atoms with Gasteiger partial charge < -0.3 is 4.52 Å². The molecule has 0 saturated heterocycles. The number of hydrogen-bond acceptors (Lipinski definition) is 3. The summed E-state index contributed by atoms with van der Waals surface area (Å²) in [4.78, 5) is 4.20. The molecule has 0 aliphatic heterocycles. The van der Waals surface area contributed by atoms with Crippen molar-refractivity contribution >= 4 is 17.5 Å². The fourth-order valence-corrected chi connectivity index (χ4v) is 1.39. The van der Waals surface area contributed by atoms with Crippen molar-refractivity contribution in [1.82, 2.24) is 5.16 Å². The average molecular weight is 192 g/mol. The Kier molecular flexibility index (Phi) is 3.63. The van der Waals surface area contributed by atoms with E-state index in [0.29, 0.717) is 5.92 Å². The van der Waals surface area contributed by atoms with Gasteiger partial charge in [0.2, 0.25) is 0 Å². The van der Waals surface area contributed by atoms with Crippen LogP contribution in [0.5, 0.6) is 0 Å². The molecular formula is C11H16N2O. The Bertz CT molecular complexity index is 348. The topological polar surface area (TPSA) is 38.4 Å². The predicted molar refractivity (Wildman–Crippen MR) is 58.8 cm³/mol. The Morgan fingerprint density at radius 2 is 2.21 bits per heavy atom. The summed E-state index contributed by atoms with van der Waals surface area (Å²) in [5.74, 6) is 1.19. The Morgan fingerprint density at radius 3 is 2.71 bits per heavy atom. The first-order chi connectivity index (χ1) is 6.70. The van der Waals surface area contributed by atoms with Crippen molar-refractivity contribution in [1.29, 1.82) is 0 Å². The van der Waals surface area contributed by atoms with E-state index in [1.54, 1.807) is 12.4 Å². The van der Waals surface area contributed by atoms with Gasteiger partial charge in [-0.25, -0.2) is 0 Å². The number of aliphatic imine (C=N–C) groups is 1. The molecule has 0 saturated carbocycles. The molecule has 0 aliphatic rings. The van der Waals surface area contributed by atoms with Crippen LogP contribution >= 0.6 is 0 Å². The van der Waals surface area contributed by atoms with E-state index in [1.165, 1.54) is 0 Å². The van der Waals surface area contributed by atoms with Crippen molar-refractivity contribution in [3.63, 3.8) is 0 Å². The van der Waals surface area contributed by atoms with E-state index in [2.05, 4.69) is 24.0 Å². The summed E-state index contributed by atoms with van der Waals surface area (Å²) >= 11 is 0. The third-order valence-electron chi connectivity index (χ3n) is 2.02. The molecule has 0 atom stereocenters. The zero-order valence-corrected chi connectivity index (χ0v) is 9.11. The predicted octanol–water partition coefficient (Wildman–Crippen LogP) is 3.46. The fraction of sp³-hybridized carbons (Fsp3) is 0.455. The zero-order chi connectivity index (χ0) is 10.6. The number of aromatic nitrogens is 1. The van der Waals surface area contributed by atoms with Gasteiger partial charge in [0, 0.05) is 6.21 Å². The molecule has 0 aromatic carbocycles. The molecule has 3 heteroatoms. The molecule has 14 heavy (non-hydrogen) atoms. The normalized spacial score (nSPS) is 13.1. The van der Waals surface area contributed by atoms with Gasteiger partial charge in [0.15, 0.2) is 5.76 Å². The highest BCUT2D eigenvalue weighted by molar-refractivity contribution is 5.73. The van der Waals surface area contributed by atoms with E-state index in [9.17, 15) is 0 Å². The summed E-state index contributed by atoms with van der Waals surface area (Å²) in [5, 5.41) is 3.76. The first-order valence-corrected chi connectivity index (χ1v) is 4.80. The molecule has 1 rings (SSSR count). The quantitative estimate of drug-likeness (QED) is 0.688. The highest BCUT2D eigenvalue weighted by atomic mass is 16.5. The van der Waals surface area contributed by atoms with E-state index in [4.69, 9.17) is 4.52 Å². The van der Waals surface area contributed by atoms with E-state index >= 15 is 0 Å². The van der Waals surface area contributed by atoms with Crippen LogP contribution in [0.25, 0.3) is 5.57 Å². The van der Waals surface area contributed by atoms with Crippen LogP contribution in [-0.4, -0.2) is 11.4 Å². The van der Waals surface area contributed by atoms with E-state index in [0.717, 1.165) is 17.0 Å². The van der Waals surface area contributed by atoms with Gasteiger partial charge in [0.1, 0.15) is 5.69 Å². The van der Waals surface area contributed by atoms with Crippen LogP contribution in [-0.2, 0) is 0 Å². The van der Waals surface area contributed by atoms with E-state index in [1.807, 2.05) is 19.9 Å². The van der Waals surface area contributed by atoms with Crippen LogP contribution in [0.15, 0.2) is 21.8 Å². The van der Waals surface area contributed by atoms with Crippen molar-refractivity contribution in [3.05, 3.63) is 18.0 Å². The second-order valence-corrected chi connectivity index (χ2v) is 3.33. The fourth-order valence-electron chi connectivity index (χ4n) is 1.39. The van der Waals surface area contributed by atoms with Crippen molar-refractivity contribution < 1.29 is 4.52 Å². The number of hydrogen-bond donors (Lipinski definition) is 0. The minimum atomic E-state index is 0.416. The molecule has 1 aromatic rings. The zero-order valence-electron chi connectivity index (χ0n) is 9.11. The highest BCUT2D eigenvalue weighted by Crippen LogP contribution is 2.30. The van der Waals surface area contributed by atoms with Crippen LogP contribution in [0.4, 0.5) is 5.69 Å². The van der Waals surface area contributed by atoms with E-state index < -0.39 is 0 Å². The molecule has 0 unspecified atom stereocenters. The number of allylic oxidation sites excluding steroid dienone is 2. The van der Waals surface area contributed by atoms with Gasteiger partial charge in [0.05, 0.1) is 6.20 Å². The number of nitrogens with zero attached hydrogens (tertiary/aromatic N) is 2. The molecule has 1 aromatic heterocycles. The second-order valence-electron chi connectivity index (χ2n) is 3.33. The maximum absolute atomic E-state index is 5.20. The Balaban J connectivity index is 3.11. The first-order valence-electron chi connectivity index (χ1n) is 4.80. The van der Waals surface area contributed by atoms with Crippen LogP contribution in [0.3, 0.4) is 0 Å². The largest absolute Gasteiger partial charge is 0.354 e. The summed E-state index contributed by atoms with van der Waals surface area (Å²) in [7, 11) is 0. The third kappa shape index (κ3) is 2.10. The molecular weight excluding hydrogens is 176 g/mol. The minimum Gasteiger partial charge on any atom is -0.354 e. The van der Waals surface area contributed by atoms with Crippen molar-refractivity contribution in [3.8, 4) is 0 Å². The molecule has 0 spiro atoms. The molecule has 3 nitrogen and oxygen atoms in total. The summed E-state index contributed by atoms with van der Waals surface area (Å²) in [6.07, 6.45) is 5.42. The lowest BCUT2D eigenvalue weighted by Gasteiger charge is -2.06. The molecule has 0 amide bonds. The maximum Gasteiger partial charge on any atom is 0.188 e. The van der Waals surface area contributed by atoms with Gasteiger partial charge in [0.25, 0.3) is 0 Å². The smallest absolute Gasteiger partial charge is 0.188 e. The first kappa shape index (κ1) is 10.7. The average Bonchev–Trinajstić information content (AvgIpc) is 2.55. The van der Waals surface area contributed by atoms with Crippen LogP contribution in [0.2, 0.25) is 0 Å². The van der Waals surface area contributed by atoms with Crippen LogP contribution < -0.4 is 0 Å². The maximum atomic E-state index is 5.20. The van der Waals surface area contributed by atoms with Crippen LogP contribution in [0.1, 0.15) is 33.5 Å². The van der Waals surface area contributed by atoms with Crippen molar-refractivity contribution in [2.45, 2.75) is 27.7 Å². The number of rotatable bonds is 3. The SMILES string of the molecule is C/C=N\c1cnoc1/C(=C\C)C(C)C. The summed E-state index contributed by atoms with van der Waals surface area (Å²) in [6, 6.07) is 0. The monoisotopic (exact) mass is 192 g/mol. The Hall–Kier alpha value is -1.38. The van der Waals surface area contributed by atoms with Gasteiger partial charge in [-0.2, -0.15) is 0 Å². The summed E-state index contributed by atoms with van der Waals surface area (Å²) < 4.78 is 5.20. The minimum absolute atomic E-state index is 0.416. The third-order valence-corrected chi connectivity index (χ3v) is 2.02. The standard InChI is InChI=1S/C11H16N2O/c1-5-9(8(3)4)11-10(12-6-2)7-13-14-11/h5-8H,1-4H3/b9-5-,12-6-. The lowest BCUT2D eigenvalue weighted by molar-refractivity contribution is 0.407. The molecule has 0 fully saturated rings. The van der Waals surface area contributed by atoms with Crippen LogP contribution in [0, 0.1) is 5.92 Å². The van der Waals surface area contributed by atoms with Crippen molar-refractivity contribution in [2.75, 3.05) is 0 Å². The molecule has 76 valence electrons. The lowest BCUT2D eigenvalue weighted by atomic mass is 10.00. The summed E-state index contributed by atoms with van der Waals surface area (Å²) in [6.45, 7) is 8.12. The Labute approximate surface area is 84.5 Å². The van der Waals surface area contributed by atoms with E-state index in [-0.39, 0.29) is 0 Å². The Morgan fingerprint density at radius 1 is 1.50 bits per heavy atom. The highest BCUT2D eigenvalue weighted by Gasteiger charge is 2.14. The van der Waals surface area contributed by atoms with Gasteiger partial charge in [-0.05, 0) is 25.3 Å². The van der Waals surface area contributed by atoms with Gasteiger partial charge in [-0.15, -0.1) is 0 Å². The molecule has 1 heterocycles. The van der Waals surface area contributed by atoms with Gasteiger partial charge in [-0.1, -0.05) is 25.1 Å². The molecule has 0 bridgehead atoms. The lowest BCUT2D eigenvalue weighted by Crippen LogP contribution is -1.91. The second kappa shape index (κ2) is 4.74. The molecule has 0 radical (unpaired) electrons. The van der Waals surface area contributed by atoms with Gasteiger partial charge >= 0.3 is 0 Å². The van der Waals surface area contributed by atoms with Crippen molar-refractivity contribution in [2.24, 2.45) is 10.9 Å². The molecule has 0 aliphatic carbocycles.